The van der Waals surface area contributed by atoms with Crippen LogP contribution in [0.5, 0.6) is 0 Å². The zero-order chi connectivity index (χ0) is 26.2. The van der Waals surface area contributed by atoms with Gasteiger partial charge in [-0.25, -0.2) is 4.79 Å². The Hall–Kier alpha value is -3.39. The van der Waals surface area contributed by atoms with E-state index in [9.17, 15) is 19.5 Å². The number of benzene rings is 1. The lowest BCUT2D eigenvalue weighted by molar-refractivity contribution is -0.140. The number of rotatable bonds is 6. The number of aryl methyl sites for hydroxylation is 1. The van der Waals surface area contributed by atoms with Crippen molar-refractivity contribution in [1.82, 2.24) is 14.8 Å². The van der Waals surface area contributed by atoms with E-state index in [1.807, 2.05) is 43.3 Å². The quantitative estimate of drug-likeness (QED) is 0.282. The van der Waals surface area contributed by atoms with E-state index in [0.717, 1.165) is 11.1 Å². The van der Waals surface area contributed by atoms with Crippen LogP contribution in [0.1, 0.15) is 65.2 Å². The van der Waals surface area contributed by atoms with Gasteiger partial charge in [-0.05, 0) is 50.0 Å². The van der Waals surface area contributed by atoms with E-state index in [1.165, 1.54) is 12.0 Å². The van der Waals surface area contributed by atoms with Gasteiger partial charge >= 0.3 is 5.97 Å². The Balaban J connectivity index is 2.22. The Morgan fingerprint density at radius 3 is 2.26 bits per heavy atom. The Morgan fingerprint density at radius 2 is 1.74 bits per heavy atom. The monoisotopic (exact) mass is 481 g/mol. The minimum Gasteiger partial charge on any atom is -0.507 e. The van der Waals surface area contributed by atoms with Crippen LogP contribution >= 0.6 is 0 Å². The summed E-state index contributed by atoms with van der Waals surface area (Å²) in [5, 5.41) is 11.4. The SMILES string of the molecule is COC(=O)c1[nH]c(C)c(C(O)=C2C(=O)C(=O)N(CCN(C)C)[C@H]2c2ccc(C(C)(C)C)cc2)c1C. The number of ether oxygens (including phenoxy) is 1. The third kappa shape index (κ3) is 4.89. The number of aromatic amines is 1. The van der Waals surface area contributed by atoms with Crippen LogP contribution in [0.25, 0.3) is 5.76 Å². The first-order chi connectivity index (χ1) is 16.3. The molecule has 0 aliphatic carbocycles. The molecule has 1 aromatic carbocycles. The van der Waals surface area contributed by atoms with Crippen LogP contribution in [0.2, 0.25) is 0 Å². The molecule has 1 fully saturated rings. The summed E-state index contributed by atoms with van der Waals surface area (Å²) >= 11 is 0. The minimum atomic E-state index is -0.751. The van der Waals surface area contributed by atoms with Crippen LogP contribution in [0.15, 0.2) is 29.8 Å². The first-order valence-electron chi connectivity index (χ1n) is 11.6. The lowest BCUT2D eigenvalue weighted by Crippen LogP contribution is -2.35. The van der Waals surface area contributed by atoms with Crippen molar-refractivity contribution in [2.45, 2.75) is 46.1 Å². The lowest BCUT2D eigenvalue weighted by atomic mass is 9.85. The number of nitrogens with zero attached hydrogens (tertiary/aromatic N) is 2. The summed E-state index contributed by atoms with van der Waals surface area (Å²) in [4.78, 5) is 45.0. The zero-order valence-corrected chi connectivity index (χ0v) is 21.8. The average molecular weight is 482 g/mol. The number of H-pyrrole nitrogens is 1. The summed E-state index contributed by atoms with van der Waals surface area (Å²) in [5.74, 6) is -2.28. The summed E-state index contributed by atoms with van der Waals surface area (Å²) < 4.78 is 4.83. The first-order valence-corrected chi connectivity index (χ1v) is 11.6. The lowest BCUT2D eigenvalue weighted by Gasteiger charge is -2.27. The molecular weight excluding hydrogens is 446 g/mol. The highest BCUT2D eigenvalue weighted by Gasteiger charge is 2.46. The second kappa shape index (κ2) is 9.70. The summed E-state index contributed by atoms with van der Waals surface area (Å²) in [6.45, 7) is 10.6. The third-order valence-electron chi connectivity index (χ3n) is 6.48. The Bertz CT molecular complexity index is 1180. The summed E-state index contributed by atoms with van der Waals surface area (Å²) in [7, 11) is 5.06. The number of hydrogen-bond acceptors (Lipinski definition) is 6. The molecule has 8 nitrogen and oxygen atoms in total. The van der Waals surface area contributed by atoms with Gasteiger partial charge in [0.25, 0.3) is 11.7 Å². The number of aromatic nitrogens is 1. The number of hydrogen-bond donors (Lipinski definition) is 2. The smallest absolute Gasteiger partial charge is 0.354 e. The molecule has 0 spiro atoms. The molecule has 0 radical (unpaired) electrons. The van der Waals surface area contributed by atoms with Crippen molar-refractivity contribution < 1.29 is 24.2 Å². The Morgan fingerprint density at radius 1 is 1.14 bits per heavy atom. The first kappa shape index (κ1) is 26.2. The number of Topliss-reactive ketones (excluding diaryl/α,β-unsaturated/α-hetero) is 1. The van der Waals surface area contributed by atoms with E-state index in [1.54, 1.807) is 13.8 Å². The summed E-state index contributed by atoms with van der Waals surface area (Å²) in [6, 6.07) is 7.04. The van der Waals surface area contributed by atoms with E-state index >= 15 is 0 Å². The van der Waals surface area contributed by atoms with Gasteiger partial charge in [-0.1, -0.05) is 45.0 Å². The Labute approximate surface area is 206 Å². The molecule has 1 atom stereocenters. The molecule has 1 aliphatic heterocycles. The van der Waals surface area contributed by atoms with Crippen molar-refractivity contribution in [2.75, 3.05) is 34.3 Å². The molecule has 1 aliphatic rings. The van der Waals surface area contributed by atoms with Gasteiger partial charge in [0.2, 0.25) is 0 Å². The average Bonchev–Trinajstić information content (AvgIpc) is 3.23. The number of methoxy groups -OCH3 is 1. The number of carbonyl (C=O) groups excluding carboxylic acids is 3. The molecule has 1 amide bonds. The van der Waals surface area contributed by atoms with Gasteiger partial charge in [0.05, 0.1) is 18.7 Å². The largest absolute Gasteiger partial charge is 0.507 e. The predicted molar refractivity (Wildman–Crippen MR) is 134 cm³/mol. The number of aliphatic hydroxyl groups is 1. The second-order valence-corrected chi connectivity index (χ2v) is 10.3. The van der Waals surface area contributed by atoms with E-state index in [-0.39, 0.29) is 22.4 Å². The van der Waals surface area contributed by atoms with Crippen molar-refractivity contribution in [3.63, 3.8) is 0 Å². The van der Waals surface area contributed by atoms with Gasteiger partial charge in [-0.2, -0.15) is 0 Å². The Kier molecular flexibility index (Phi) is 7.26. The molecule has 2 N–H and O–H groups in total. The number of carbonyl (C=O) groups is 3. The van der Waals surface area contributed by atoms with Crippen LogP contribution in [0.4, 0.5) is 0 Å². The number of ketones is 1. The highest BCUT2D eigenvalue weighted by molar-refractivity contribution is 6.46. The van der Waals surface area contributed by atoms with Crippen molar-refractivity contribution >= 4 is 23.4 Å². The maximum Gasteiger partial charge on any atom is 0.354 e. The van der Waals surface area contributed by atoms with Crippen molar-refractivity contribution in [3.05, 3.63) is 63.5 Å². The van der Waals surface area contributed by atoms with Gasteiger partial charge in [0, 0.05) is 24.3 Å². The van der Waals surface area contributed by atoms with Crippen molar-refractivity contribution in [1.29, 1.82) is 0 Å². The zero-order valence-electron chi connectivity index (χ0n) is 21.8. The molecule has 2 heterocycles. The molecule has 1 saturated heterocycles. The molecule has 3 rings (SSSR count). The van der Waals surface area contributed by atoms with Gasteiger partial charge in [0.1, 0.15) is 11.5 Å². The van der Waals surface area contributed by atoms with Crippen LogP contribution in [-0.4, -0.2) is 71.8 Å². The van der Waals surface area contributed by atoms with Gasteiger partial charge in [-0.15, -0.1) is 0 Å². The van der Waals surface area contributed by atoms with E-state index in [2.05, 4.69) is 25.8 Å². The molecule has 2 aromatic rings. The predicted octanol–water partition coefficient (Wildman–Crippen LogP) is 3.70. The number of aliphatic hydroxyl groups excluding tert-OH is 1. The fourth-order valence-corrected chi connectivity index (χ4v) is 4.48. The summed E-state index contributed by atoms with van der Waals surface area (Å²) in [6.07, 6.45) is 0. The molecular formula is C27H35N3O5. The molecule has 0 unspecified atom stereocenters. The number of amides is 1. The molecule has 8 heteroatoms. The number of likely N-dealkylation sites (N-methyl/N-ethyl adjacent to an activating group) is 1. The van der Waals surface area contributed by atoms with Gasteiger partial charge < -0.3 is 24.6 Å². The topological polar surface area (TPSA) is 103 Å². The molecule has 188 valence electrons. The van der Waals surface area contributed by atoms with E-state index in [0.29, 0.717) is 29.9 Å². The third-order valence-corrected chi connectivity index (χ3v) is 6.48. The second-order valence-electron chi connectivity index (χ2n) is 10.3. The number of nitrogens with one attached hydrogen (secondary N) is 1. The van der Waals surface area contributed by atoms with Gasteiger partial charge in [0.15, 0.2) is 0 Å². The van der Waals surface area contributed by atoms with Crippen LogP contribution < -0.4 is 0 Å². The molecule has 0 bridgehead atoms. The van der Waals surface area contributed by atoms with Crippen molar-refractivity contribution in [3.8, 4) is 0 Å². The normalized spacial score (nSPS) is 18.0. The van der Waals surface area contributed by atoms with Crippen LogP contribution in [0.3, 0.4) is 0 Å². The van der Waals surface area contributed by atoms with Crippen LogP contribution in [0, 0.1) is 13.8 Å². The fourth-order valence-electron chi connectivity index (χ4n) is 4.48. The maximum absolute atomic E-state index is 13.3. The fraction of sp³-hybridized carbons (Fsp3) is 0.444. The molecule has 35 heavy (non-hydrogen) atoms. The number of likely N-dealkylation sites (tertiary alicyclic amines) is 1. The standard InChI is InChI=1S/C27H35N3O5/c1-15-19(16(2)28-21(15)26(34)35-8)23(31)20-22(17-9-11-18(12-10-17)27(3,4)5)30(14-13-29(6)7)25(33)24(20)32/h9-12,22,28,31H,13-14H2,1-8H3/t22-/m0/s1. The summed E-state index contributed by atoms with van der Waals surface area (Å²) in [5.41, 5.74) is 3.28. The van der Waals surface area contributed by atoms with E-state index in [4.69, 9.17) is 4.74 Å². The number of esters is 1. The van der Waals surface area contributed by atoms with Gasteiger partial charge in [-0.3, -0.25) is 9.59 Å². The minimum absolute atomic E-state index is 0.0129. The van der Waals surface area contributed by atoms with Crippen LogP contribution in [-0.2, 0) is 19.7 Å². The highest BCUT2D eigenvalue weighted by atomic mass is 16.5. The highest BCUT2D eigenvalue weighted by Crippen LogP contribution is 2.41. The van der Waals surface area contributed by atoms with E-state index < -0.39 is 23.7 Å². The molecule has 1 aromatic heterocycles. The molecule has 0 saturated carbocycles. The maximum atomic E-state index is 13.3. The van der Waals surface area contributed by atoms with Crippen molar-refractivity contribution in [2.24, 2.45) is 0 Å².